The van der Waals surface area contributed by atoms with Crippen molar-refractivity contribution in [1.82, 2.24) is 10.2 Å². The van der Waals surface area contributed by atoms with E-state index in [4.69, 9.17) is 9.47 Å². The lowest BCUT2D eigenvalue weighted by molar-refractivity contribution is 0.157. The molecule has 6 heteroatoms. The summed E-state index contributed by atoms with van der Waals surface area (Å²) in [6.45, 7) is 6.51. The third kappa shape index (κ3) is 5.71. The van der Waals surface area contributed by atoms with Crippen molar-refractivity contribution in [3.63, 3.8) is 0 Å². The molecule has 1 saturated heterocycles. The maximum absolute atomic E-state index is 5.62. The van der Waals surface area contributed by atoms with Gasteiger partial charge in [0, 0.05) is 32.2 Å². The molecular formula is C17H30Cl2N2O2. The van der Waals surface area contributed by atoms with Crippen LogP contribution >= 0.6 is 24.8 Å². The molecule has 1 fully saturated rings. The topological polar surface area (TPSA) is 33.7 Å². The third-order valence-corrected chi connectivity index (χ3v) is 4.22. The molecular weight excluding hydrogens is 335 g/mol. The van der Waals surface area contributed by atoms with Gasteiger partial charge in [0.2, 0.25) is 0 Å². The molecule has 0 saturated carbocycles. The lowest BCUT2D eigenvalue weighted by Crippen LogP contribution is -2.45. The maximum Gasteiger partial charge on any atom is 0.127 e. The van der Waals surface area contributed by atoms with E-state index < -0.39 is 0 Å². The molecule has 1 aliphatic heterocycles. The number of hydrogen-bond donors (Lipinski definition) is 1. The van der Waals surface area contributed by atoms with Crippen molar-refractivity contribution in [2.45, 2.75) is 32.2 Å². The highest BCUT2D eigenvalue weighted by Gasteiger charge is 2.27. The first-order valence-electron chi connectivity index (χ1n) is 7.97. The van der Waals surface area contributed by atoms with Crippen molar-refractivity contribution in [1.29, 1.82) is 0 Å². The Balaban J connectivity index is 0.00000242. The number of nitrogens with one attached hydrogen (secondary N) is 1. The SMILES string of the molecule is CCCC[C@H](c1c(OC)cccc1OC)N1CCNCC1.Cl.Cl. The average molecular weight is 365 g/mol. The molecule has 1 aromatic rings. The first kappa shape index (κ1) is 22.3. The van der Waals surface area contributed by atoms with Crippen molar-refractivity contribution in [2.75, 3.05) is 40.4 Å². The fourth-order valence-corrected chi connectivity index (χ4v) is 3.11. The number of benzene rings is 1. The Morgan fingerprint density at radius 1 is 1.09 bits per heavy atom. The van der Waals surface area contributed by atoms with E-state index in [0.717, 1.165) is 44.1 Å². The van der Waals surface area contributed by atoms with Crippen LogP contribution in [0, 0.1) is 0 Å². The molecule has 1 aromatic carbocycles. The van der Waals surface area contributed by atoms with Crippen molar-refractivity contribution >= 4 is 24.8 Å². The molecule has 1 heterocycles. The molecule has 0 aromatic heterocycles. The Kier molecular flexibility index (Phi) is 11.4. The van der Waals surface area contributed by atoms with E-state index in [-0.39, 0.29) is 24.8 Å². The fraction of sp³-hybridized carbons (Fsp3) is 0.647. The molecule has 0 aliphatic carbocycles. The fourth-order valence-electron chi connectivity index (χ4n) is 3.11. The molecule has 0 unspecified atom stereocenters. The summed E-state index contributed by atoms with van der Waals surface area (Å²) in [5.74, 6) is 1.88. The zero-order chi connectivity index (χ0) is 15.1. The highest BCUT2D eigenvalue weighted by molar-refractivity contribution is 5.85. The zero-order valence-electron chi connectivity index (χ0n) is 14.3. The summed E-state index contributed by atoms with van der Waals surface area (Å²) >= 11 is 0. The second-order valence-corrected chi connectivity index (χ2v) is 5.52. The van der Waals surface area contributed by atoms with Crippen LogP contribution in [0.2, 0.25) is 0 Å². The van der Waals surface area contributed by atoms with Crippen molar-refractivity contribution in [3.05, 3.63) is 23.8 Å². The molecule has 2 rings (SSSR count). The summed E-state index contributed by atoms with van der Waals surface area (Å²) < 4.78 is 11.2. The number of hydrogen-bond acceptors (Lipinski definition) is 4. The quantitative estimate of drug-likeness (QED) is 0.799. The largest absolute Gasteiger partial charge is 0.496 e. The third-order valence-electron chi connectivity index (χ3n) is 4.22. The van der Waals surface area contributed by atoms with Crippen LogP contribution in [0.5, 0.6) is 11.5 Å². The molecule has 0 bridgehead atoms. The van der Waals surface area contributed by atoms with Crippen LogP contribution in [0.15, 0.2) is 18.2 Å². The second kappa shape index (κ2) is 11.8. The van der Waals surface area contributed by atoms with Crippen LogP contribution in [0.4, 0.5) is 0 Å². The van der Waals surface area contributed by atoms with Gasteiger partial charge in [-0.3, -0.25) is 4.90 Å². The van der Waals surface area contributed by atoms with Crippen LogP contribution in [-0.2, 0) is 0 Å². The van der Waals surface area contributed by atoms with Crippen molar-refractivity contribution in [3.8, 4) is 11.5 Å². The van der Waals surface area contributed by atoms with Gasteiger partial charge in [-0.15, -0.1) is 24.8 Å². The van der Waals surface area contributed by atoms with Gasteiger partial charge in [0.1, 0.15) is 11.5 Å². The average Bonchev–Trinajstić information content (AvgIpc) is 2.56. The monoisotopic (exact) mass is 364 g/mol. The van der Waals surface area contributed by atoms with Crippen molar-refractivity contribution < 1.29 is 9.47 Å². The number of unbranched alkanes of at least 4 members (excludes halogenated alkanes) is 1. The molecule has 1 aliphatic rings. The number of halogens is 2. The predicted molar refractivity (Wildman–Crippen MR) is 101 cm³/mol. The predicted octanol–water partition coefficient (Wildman–Crippen LogP) is 3.68. The van der Waals surface area contributed by atoms with E-state index in [1.165, 1.54) is 18.4 Å². The van der Waals surface area contributed by atoms with E-state index in [1.54, 1.807) is 14.2 Å². The van der Waals surface area contributed by atoms with Crippen LogP contribution in [0.25, 0.3) is 0 Å². The van der Waals surface area contributed by atoms with Gasteiger partial charge in [-0.2, -0.15) is 0 Å². The minimum atomic E-state index is 0. The van der Waals surface area contributed by atoms with Crippen LogP contribution in [0.1, 0.15) is 37.8 Å². The van der Waals surface area contributed by atoms with Gasteiger partial charge >= 0.3 is 0 Å². The standard InChI is InChI=1S/C17H28N2O2.2ClH/c1-4-5-7-14(19-12-10-18-11-13-19)17-15(20-2)8-6-9-16(17)21-3;;/h6,8-9,14,18H,4-5,7,10-13H2,1-3H3;2*1H/t14-;;/m1../s1. The Morgan fingerprint density at radius 2 is 1.65 bits per heavy atom. The number of ether oxygens (including phenoxy) is 2. The molecule has 1 atom stereocenters. The lowest BCUT2D eigenvalue weighted by Gasteiger charge is -2.36. The van der Waals surface area contributed by atoms with Gasteiger partial charge in [-0.25, -0.2) is 0 Å². The Labute approximate surface area is 152 Å². The smallest absolute Gasteiger partial charge is 0.127 e. The van der Waals surface area contributed by atoms with Crippen LogP contribution < -0.4 is 14.8 Å². The van der Waals surface area contributed by atoms with E-state index in [0.29, 0.717) is 6.04 Å². The van der Waals surface area contributed by atoms with E-state index >= 15 is 0 Å². The molecule has 134 valence electrons. The highest BCUT2D eigenvalue weighted by atomic mass is 35.5. The molecule has 23 heavy (non-hydrogen) atoms. The van der Waals surface area contributed by atoms with E-state index in [1.807, 2.05) is 18.2 Å². The van der Waals surface area contributed by atoms with E-state index in [2.05, 4.69) is 17.1 Å². The molecule has 0 spiro atoms. The van der Waals surface area contributed by atoms with E-state index in [9.17, 15) is 0 Å². The van der Waals surface area contributed by atoms with Gasteiger partial charge < -0.3 is 14.8 Å². The summed E-state index contributed by atoms with van der Waals surface area (Å²) in [5, 5.41) is 3.43. The van der Waals surface area contributed by atoms with Gasteiger partial charge in [0.15, 0.2) is 0 Å². The summed E-state index contributed by atoms with van der Waals surface area (Å²) in [6.07, 6.45) is 3.57. The lowest BCUT2D eigenvalue weighted by atomic mass is 9.96. The normalized spacial score (nSPS) is 16.0. The number of piperazine rings is 1. The molecule has 1 N–H and O–H groups in total. The van der Waals surface area contributed by atoms with Gasteiger partial charge in [-0.05, 0) is 18.6 Å². The van der Waals surface area contributed by atoms with Gasteiger partial charge in [-0.1, -0.05) is 25.8 Å². The van der Waals surface area contributed by atoms with Crippen LogP contribution in [-0.4, -0.2) is 45.3 Å². The maximum atomic E-state index is 5.62. The minimum absolute atomic E-state index is 0. The number of nitrogens with zero attached hydrogens (tertiary/aromatic N) is 1. The Hall–Kier alpha value is -0.680. The summed E-state index contributed by atoms with van der Waals surface area (Å²) in [4.78, 5) is 2.56. The molecule has 0 amide bonds. The van der Waals surface area contributed by atoms with Gasteiger partial charge in [0.05, 0.1) is 19.8 Å². The summed E-state index contributed by atoms with van der Waals surface area (Å²) in [6, 6.07) is 6.45. The first-order chi connectivity index (χ1) is 10.3. The summed E-state index contributed by atoms with van der Waals surface area (Å²) in [7, 11) is 3.49. The summed E-state index contributed by atoms with van der Waals surface area (Å²) in [5.41, 5.74) is 1.21. The van der Waals surface area contributed by atoms with Crippen molar-refractivity contribution in [2.24, 2.45) is 0 Å². The highest BCUT2D eigenvalue weighted by Crippen LogP contribution is 2.39. The first-order valence-corrected chi connectivity index (χ1v) is 7.97. The Bertz CT molecular complexity index is 418. The molecule has 4 nitrogen and oxygen atoms in total. The second-order valence-electron chi connectivity index (χ2n) is 5.52. The zero-order valence-corrected chi connectivity index (χ0v) is 16.0. The number of rotatable bonds is 7. The Morgan fingerprint density at radius 3 is 2.13 bits per heavy atom. The van der Waals surface area contributed by atoms with Crippen LogP contribution in [0.3, 0.4) is 0 Å². The van der Waals surface area contributed by atoms with Gasteiger partial charge in [0.25, 0.3) is 0 Å². The number of methoxy groups -OCH3 is 2. The molecule has 0 radical (unpaired) electrons. The minimum Gasteiger partial charge on any atom is -0.496 e.